The van der Waals surface area contributed by atoms with E-state index < -0.39 is 6.61 Å². The van der Waals surface area contributed by atoms with Crippen molar-refractivity contribution in [3.8, 4) is 11.6 Å². The van der Waals surface area contributed by atoms with Gasteiger partial charge in [0.05, 0.1) is 12.6 Å². The van der Waals surface area contributed by atoms with E-state index in [1.54, 1.807) is 38.3 Å². The number of nitrogens with zero attached hydrogens (tertiary/aromatic N) is 1. The molecule has 0 saturated carbocycles. The lowest BCUT2D eigenvalue weighted by Gasteiger charge is -2.16. The van der Waals surface area contributed by atoms with Gasteiger partial charge in [0.2, 0.25) is 5.88 Å². The van der Waals surface area contributed by atoms with E-state index in [1.807, 2.05) is 0 Å². The molecule has 2 aromatic rings. The molecule has 1 amide bonds. The molecule has 0 aliphatic heterocycles. The molecule has 2 rings (SSSR count). The number of aromatic nitrogens is 1. The number of rotatable bonds is 9. The van der Waals surface area contributed by atoms with E-state index in [-0.39, 0.29) is 30.2 Å². The number of carbonyl (C=O) groups is 1. The number of hydrogen-bond donors (Lipinski definition) is 1. The maximum absolute atomic E-state index is 12.5. The first-order valence-electron chi connectivity index (χ1n) is 7.93. The first kappa shape index (κ1) is 19.6. The third-order valence-corrected chi connectivity index (χ3v) is 3.49. The van der Waals surface area contributed by atoms with Crippen LogP contribution in [0.25, 0.3) is 0 Å². The Morgan fingerprint density at radius 2 is 1.92 bits per heavy atom. The van der Waals surface area contributed by atoms with Crippen molar-refractivity contribution in [3.05, 3.63) is 53.7 Å². The third kappa shape index (κ3) is 5.66. The summed E-state index contributed by atoms with van der Waals surface area (Å²) in [6.45, 7) is -0.446. The number of benzene rings is 1. The summed E-state index contributed by atoms with van der Waals surface area (Å²) in [7, 11) is 1.55. The molecule has 1 heterocycles. The zero-order valence-electron chi connectivity index (χ0n) is 14.4. The summed E-state index contributed by atoms with van der Waals surface area (Å²) in [6, 6.07) is 8.97. The van der Waals surface area contributed by atoms with Crippen LogP contribution in [0.1, 0.15) is 28.9 Å². The molecule has 0 spiro atoms. The third-order valence-electron chi connectivity index (χ3n) is 3.49. The molecular formula is C18H20F2N2O4. The number of methoxy groups -OCH3 is 1. The lowest BCUT2D eigenvalue weighted by molar-refractivity contribution is -0.0498. The molecule has 0 saturated heterocycles. The maximum atomic E-state index is 12.5. The lowest BCUT2D eigenvalue weighted by atomic mass is 10.1. The molecule has 1 N–H and O–H groups in total. The minimum atomic E-state index is -2.87. The predicted octanol–water partition coefficient (Wildman–Crippen LogP) is 3.20. The van der Waals surface area contributed by atoms with Gasteiger partial charge in [-0.3, -0.25) is 4.79 Å². The summed E-state index contributed by atoms with van der Waals surface area (Å²) < 4.78 is 39.0. The molecule has 0 aliphatic carbocycles. The molecular weight excluding hydrogens is 346 g/mol. The van der Waals surface area contributed by atoms with Gasteiger partial charge in [0.1, 0.15) is 17.9 Å². The Morgan fingerprint density at radius 1 is 1.19 bits per heavy atom. The number of halogens is 2. The average molecular weight is 366 g/mol. The lowest BCUT2D eigenvalue weighted by Crippen LogP contribution is -2.27. The zero-order valence-corrected chi connectivity index (χ0v) is 14.4. The molecule has 0 bridgehead atoms. The second-order valence-corrected chi connectivity index (χ2v) is 5.34. The molecule has 0 aliphatic rings. The fourth-order valence-corrected chi connectivity index (χ4v) is 2.20. The molecule has 0 unspecified atom stereocenters. The van der Waals surface area contributed by atoms with Gasteiger partial charge in [-0.15, -0.1) is 0 Å². The summed E-state index contributed by atoms with van der Waals surface area (Å²) >= 11 is 0. The van der Waals surface area contributed by atoms with Gasteiger partial charge >= 0.3 is 6.61 Å². The van der Waals surface area contributed by atoms with Crippen molar-refractivity contribution in [2.45, 2.75) is 19.6 Å². The summed E-state index contributed by atoms with van der Waals surface area (Å²) in [4.78, 5) is 16.6. The highest BCUT2D eigenvalue weighted by Crippen LogP contribution is 2.21. The fourth-order valence-electron chi connectivity index (χ4n) is 2.20. The van der Waals surface area contributed by atoms with Crippen LogP contribution in [-0.2, 0) is 4.74 Å². The van der Waals surface area contributed by atoms with Crippen LogP contribution < -0.4 is 14.8 Å². The van der Waals surface area contributed by atoms with E-state index in [0.29, 0.717) is 12.2 Å². The molecule has 0 radical (unpaired) electrons. The van der Waals surface area contributed by atoms with Crippen molar-refractivity contribution in [2.75, 3.05) is 20.3 Å². The highest BCUT2D eigenvalue weighted by molar-refractivity contribution is 5.96. The van der Waals surface area contributed by atoms with E-state index in [9.17, 15) is 13.6 Å². The highest BCUT2D eigenvalue weighted by Gasteiger charge is 2.17. The van der Waals surface area contributed by atoms with Crippen LogP contribution in [0.2, 0.25) is 0 Å². The van der Waals surface area contributed by atoms with Crippen molar-refractivity contribution < 1.29 is 27.8 Å². The van der Waals surface area contributed by atoms with Gasteiger partial charge in [-0.2, -0.15) is 8.78 Å². The second kappa shape index (κ2) is 9.67. The van der Waals surface area contributed by atoms with Crippen molar-refractivity contribution >= 4 is 5.91 Å². The van der Waals surface area contributed by atoms with Crippen LogP contribution in [-0.4, -0.2) is 37.8 Å². The topological polar surface area (TPSA) is 69.7 Å². The van der Waals surface area contributed by atoms with Gasteiger partial charge in [-0.05, 0) is 36.8 Å². The summed E-state index contributed by atoms with van der Waals surface area (Å²) in [6.07, 6.45) is 1.53. The summed E-state index contributed by atoms with van der Waals surface area (Å²) in [5.74, 6) is -0.0794. The minimum Gasteiger partial charge on any atom is -0.475 e. The first-order valence-corrected chi connectivity index (χ1v) is 7.93. The number of nitrogens with one attached hydrogen (secondary N) is 1. The van der Waals surface area contributed by atoms with Crippen LogP contribution in [0, 0.1) is 0 Å². The maximum Gasteiger partial charge on any atom is 0.387 e. The normalized spacial score (nSPS) is 11.9. The molecule has 8 heteroatoms. The highest BCUT2D eigenvalue weighted by atomic mass is 19.3. The largest absolute Gasteiger partial charge is 0.475 e. The molecule has 140 valence electrons. The van der Waals surface area contributed by atoms with Crippen LogP contribution in [0.5, 0.6) is 11.6 Å². The Kier molecular flexibility index (Phi) is 7.28. The van der Waals surface area contributed by atoms with Gasteiger partial charge in [0, 0.05) is 13.3 Å². The van der Waals surface area contributed by atoms with E-state index in [0.717, 1.165) is 5.56 Å². The summed E-state index contributed by atoms with van der Waals surface area (Å²) in [5, 5.41) is 2.82. The Bertz CT molecular complexity index is 711. The zero-order chi connectivity index (χ0) is 18.9. The van der Waals surface area contributed by atoms with Crippen LogP contribution in [0.4, 0.5) is 8.78 Å². The molecule has 26 heavy (non-hydrogen) atoms. The van der Waals surface area contributed by atoms with Gasteiger partial charge < -0.3 is 19.5 Å². The number of ether oxygens (including phenoxy) is 3. The Labute approximate surface area is 150 Å². The van der Waals surface area contributed by atoms with E-state index in [1.165, 1.54) is 18.3 Å². The Hall–Kier alpha value is -2.74. The number of alkyl halides is 2. The molecule has 0 fully saturated rings. The number of amides is 1. The van der Waals surface area contributed by atoms with Crippen LogP contribution >= 0.6 is 0 Å². The standard InChI is InChI=1S/C18H20F2N2O4/c1-12(13-5-7-14(8-6-13)26-18(19)20)22-16(23)15-4-3-9-21-17(15)25-11-10-24-2/h3-9,12,18H,10-11H2,1-2H3,(H,22,23)/t12-/m0/s1. The van der Waals surface area contributed by atoms with Crippen LogP contribution in [0.15, 0.2) is 42.6 Å². The van der Waals surface area contributed by atoms with E-state index in [2.05, 4.69) is 15.0 Å². The SMILES string of the molecule is COCCOc1ncccc1C(=O)N[C@@H](C)c1ccc(OC(F)F)cc1. The first-order chi connectivity index (χ1) is 12.5. The van der Waals surface area contributed by atoms with Gasteiger partial charge in [-0.1, -0.05) is 12.1 Å². The molecule has 1 aromatic carbocycles. The van der Waals surface area contributed by atoms with E-state index >= 15 is 0 Å². The van der Waals surface area contributed by atoms with Gasteiger partial charge in [-0.25, -0.2) is 4.98 Å². The van der Waals surface area contributed by atoms with Crippen LogP contribution in [0.3, 0.4) is 0 Å². The number of carbonyl (C=O) groups excluding carboxylic acids is 1. The number of pyridine rings is 1. The molecule has 1 aromatic heterocycles. The molecule has 6 nitrogen and oxygen atoms in total. The van der Waals surface area contributed by atoms with Gasteiger partial charge in [0.15, 0.2) is 0 Å². The van der Waals surface area contributed by atoms with Crippen molar-refractivity contribution in [1.82, 2.24) is 10.3 Å². The second-order valence-electron chi connectivity index (χ2n) is 5.34. The Balaban J connectivity index is 2.02. The van der Waals surface area contributed by atoms with Crippen molar-refractivity contribution in [1.29, 1.82) is 0 Å². The number of hydrogen-bond acceptors (Lipinski definition) is 5. The predicted molar refractivity (Wildman–Crippen MR) is 90.6 cm³/mol. The Morgan fingerprint density at radius 3 is 2.58 bits per heavy atom. The summed E-state index contributed by atoms with van der Waals surface area (Å²) in [5.41, 5.74) is 1.04. The fraction of sp³-hybridized carbons (Fsp3) is 0.333. The monoisotopic (exact) mass is 366 g/mol. The minimum absolute atomic E-state index is 0.0587. The van der Waals surface area contributed by atoms with Crippen molar-refractivity contribution in [3.63, 3.8) is 0 Å². The van der Waals surface area contributed by atoms with E-state index in [4.69, 9.17) is 9.47 Å². The quantitative estimate of drug-likeness (QED) is 0.690. The smallest absolute Gasteiger partial charge is 0.387 e. The van der Waals surface area contributed by atoms with Gasteiger partial charge in [0.25, 0.3) is 5.91 Å². The van der Waals surface area contributed by atoms with Crippen molar-refractivity contribution in [2.24, 2.45) is 0 Å². The molecule has 1 atom stereocenters. The average Bonchev–Trinajstić information content (AvgIpc) is 2.62.